The molecule has 1 aromatic heterocycles. The molecule has 2 rings (SSSR count). The number of nitrogens with one attached hydrogen (secondary N) is 2. The van der Waals surface area contributed by atoms with Gasteiger partial charge in [0, 0.05) is 6.54 Å². The number of rotatable bonds is 4. The SMILES string of the molecule is O=C(NCCc1ccccc1)c1nc[nH]c(=O)c1O. The number of benzene rings is 1. The Balaban J connectivity index is 1.95. The second kappa shape index (κ2) is 5.81. The van der Waals surface area contributed by atoms with Gasteiger partial charge in [-0.05, 0) is 12.0 Å². The van der Waals surface area contributed by atoms with Crippen LogP contribution in [0.2, 0.25) is 0 Å². The van der Waals surface area contributed by atoms with Gasteiger partial charge in [0.15, 0.2) is 5.69 Å². The van der Waals surface area contributed by atoms with Gasteiger partial charge in [-0.15, -0.1) is 0 Å². The van der Waals surface area contributed by atoms with Crippen molar-refractivity contribution in [3.05, 3.63) is 58.3 Å². The Hall–Kier alpha value is -2.63. The number of hydrogen-bond donors (Lipinski definition) is 3. The van der Waals surface area contributed by atoms with E-state index in [2.05, 4.69) is 15.3 Å². The van der Waals surface area contributed by atoms with Crippen molar-refractivity contribution in [2.24, 2.45) is 0 Å². The molecule has 19 heavy (non-hydrogen) atoms. The van der Waals surface area contributed by atoms with Crippen LogP contribution in [0.4, 0.5) is 0 Å². The van der Waals surface area contributed by atoms with Crippen LogP contribution in [0, 0.1) is 0 Å². The van der Waals surface area contributed by atoms with Crippen LogP contribution in [0.5, 0.6) is 5.75 Å². The van der Waals surface area contributed by atoms with E-state index in [1.807, 2.05) is 30.3 Å². The molecule has 0 unspecified atom stereocenters. The van der Waals surface area contributed by atoms with Crippen LogP contribution in [0.15, 0.2) is 41.5 Å². The van der Waals surface area contributed by atoms with Crippen LogP contribution in [0.1, 0.15) is 16.1 Å². The summed E-state index contributed by atoms with van der Waals surface area (Å²) in [6.07, 6.45) is 1.74. The molecule has 0 saturated heterocycles. The number of carbonyl (C=O) groups excluding carboxylic acids is 1. The molecule has 6 heteroatoms. The predicted octanol–water partition coefficient (Wildman–Crippen LogP) is 0.448. The minimum Gasteiger partial charge on any atom is -0.501 e. The lowest BCUT2D eigenvalue weighted by atomic mass is 10.1. The molecular weight excluding hydrogens is 246 g/mol. The third-order valence-corrected chi connectivity index (χ3v) is 2.59. The van der Waals surface area contributed by atoms with Crippen LogP contribution in [0.25, 0.3) is 0 Å². The van der Waals surface area contributed by atoms with Gasteiger partial charge >= 0.3 is 0 Å². The summed E-state index contributed by atoms with van der Waals surface area (Å²) in [5, 5.41) is 12.0. The monoisotopic (exact) mass is 259 g/mol. The zero-order chi connectivity index (χ0) is 13.7. The molecule has 1 heterocycles. The first-order valence-electron chi connectivity index (χ1n) is 5.77. The van der Waals surface area contributed by atoms with Gasteiger partial charge in [0.2, 0.25) is 5.75 Å². The molecule has 0 atom stereocenters. The highest BCUT2D eigenvalue weighted by Gasteiger charge is 2.14. The van der Waals surface area contributed by atoms with Crippen LogP contribution in [-0.4, -0.2) is 27.5 Å². The van der Waals surface area contributed by atoms with Gasteiger partial charge in [0.25, 0.3) is 11.5 Å². The highest BCUT2D eigenvalue weighted by Crippen LogP contribution is 2.05. The fourth-order valence-electron chi connectivity index (χ4n) is 1.61. The Morgan fingerprint density at radius 3 is 2.79 bits per heavy atom. The van der Waals surface area contributed by atoms with Crippen molar-refractivity contribution < 1.29 is 9.90 Å². The maximum Gasteiger partial charge on any atom is 0.293 e. The Labute approximate surface area is 109 Å². The minimum atomic E-state index is -0.733. The van der Waals surface area contributed by atoms with Gasteiger partial charge < -0.3 is 15.4 Å². The lowest BCUT2D eigenvalue weighted by Crippen LogP contribution is -2.28. The summed E-state index contributed by atoms with van der Waals surface area (Å²) in [6.45, 7) is 0.400. The van der Waals surface area contributed by atoms with E-state index in [0.717, 1.165) is 11.9 Å². The first-order valence-corrected chi connectivity index (χ1v) is 5.77. The largest absolute Gasteiger partial charge is 0.501 e. The van der Waals surface area contributed by atoms with Crippen molar-refractivity contribution in [2.45, 2.75) is 6.42 Å². The predicted molar refractivity (Wildman–Crippen MR) is 69.0 cm³/mol. The molecular formula is C13H13N3O3. The number of nitrogens with zero attached hydrogens (tertiary/aromatic N) is 1. The topological polar surface area (TPSA) is 95.1 Å². The number of aromatic hydroxyl groups is 1. The number of aromatic amines is 1. The second-order valence-corrected chi connectivity index (χ2v) is 3.92. The molecule has 3 N–H and O–H groups in total. The zero-order valence-electron chi connectivity index (χ0n) is 10.1. The molecule has 0 radical (unpaired) electrons. The van der Waals surface area contributed by atoms with Crippen molar-refractivity contribution in [1.82, 2.24) is 15.3 Å². The standard InChI is InChI=1S/C13H13N3O3/c17-11-10(15-8-16-13(11)19)12(18)14-7-6-9-4-2-1-3-5-9/h1-5,8,17H,6-7H2,(H,14,18)(H,15,16,19). The summed E-state index contributed by atoms with van der Waals surface area (Å²) >= 11 is 0. The first-order chi connectivity index (χ1) is 9.18. The summed E-state index contributed by atoms with van der Waals surface area (Å²) in [5.41, 5.74) is 0.0888. The lowest BCUT2D eigenvalue weighted by molar-refractivity contribution is 0.0945. The van der Waals surface area contributed by atoms with Crippen LogP contribution >= 0.6 is 0 Å². The number of amides is 1. The van der Waals surface area contributed by atoms with Gasteiger partial charge in [-0.3, -0.25) is 9.59 Å². The molecule has 0 aliphatic rings. The van der Waals surface area contributed by atoms with E-state index >= 15 is 0 Å². The fraction of sp³-hybridized carbons (Fsp3) is 0.154. The summed E-state index contributed by atoms with van der Waals surface area (Å²) in [5.74, 6) is -1.24. The van der Waals surface area contributed by atoms with Gasteiger partial charge in [0.05, 0.1) is 6.33 Å². The van der Waals surface area contributed by atoms with E-state index in [1.165, 1.54) is 0 Å². The lowest BCUT2D eigenvalue weighted by Gasteiger charge is -2.05. The third-order valence-electron chi connectivity index (χ3n) is 2.59. The van der Waals surface area contributed by atoms with Crippen molar-refractivity contribution in [1.29, 1.82) is 0 Å². The number of hydrogen-bond acceptors (Lipinski definition) is 4. The Morgan fingerprint density at radius 1 is 1.32 bits per heavy atom. The number of carbonyl (C=O) groups is 1. The molecule has 0 fully saturated rings. The van der Waals surface area contributed by atoms with Crippen LogP contribution in [-0.2, 0) is 6.42 Å². The molecule has 0 aliphatic heterocycles. The molecule has 2 aromatic rings. The van der Waals surface area contributed by atoms with E-state index in [-0.39, 0.29) is 5.69 Å². The van der Waals surface area contributed by atoms with Crippen molar-refractivity contribution in [3.63, 3.8) is 0 Å². The molecule has 6 nitrogen and oxygen atoms in total. The maximum atomic E-state index is 11.7. The number of H-pyrrole nitrogens is 1. The quantitative estimate of drug-likeness (QED) is 0.742. The van der Waals surface area contributed by atoms with E-state index in [1.54, 1.807) is 0 Å². The van der Waals surface area contributed by atoms with Gasteiger partial charge in [-0.1, -0.05) is 30.3 Å². The highest BCUT2D eigenvalue weighted by molar-refractivity contribution is 5.94. The molecule has 1 amide bonds. The van der Waals surface area contributed by atoms with Crippen LogP contribution < -0.4 is 10.9 Å². The van der Waals surface area contributed by atoms with Gasteiger partial charge in [-0.2, -0.15) is 0 Å². The molecule has 0 bridgehead atoms. The second-order valence-electron chi connectivity index (χ2n) is 3.92. The molecule has 0 saturated carbocycles. The summed E-state index contributed by atoms with van der Waals surface area (Å²) in [6, 6.07) is 9.66. The van der Waals surface area contributed by atoms with E-state index < -0.39 is 17.2 Å². The number of aromatic nitrogens is 2. The van der Waals surface area contributed by atoms with E-state index in [0.29, 0.717) is 13.0 Å². The van der Waals surface area contributed by atoms with Gasteiger partial charge in [0.1, 0.15) is 0 Å². The first kappa shape index (κ1) is 12.8. The normalized spacial score (nSPS) is 10.1. The van der Waals surface area contributed by atoms with Crippen molar-refractivity contribution in [2.75, 3.05) is 6.54 Å². The highest BCUT2D eigenvalue weighted by atomic mass is 16.3. The third kappa shape index (κ3) is 3.19. The van der Waals surface area contributed by atoms with Crippen molar-refractivity contribution in [3.8, 4) is 5.75 Å². The Kier molecular flexibility index (Phi) is 3.92. The summed E-state index contributed by atoms with van der Waals surface area (Å²) < 4.78 is 0. The van der Waals surface area contributed by atoms with Gasteiger partial charge in [-0.25, -0.2) is 4.98 Å². The van der Waals surface area contributed by atoms with E-state index in [9.17, 15) is 14.7 Å². The fourth-order valence-corrected chi connectivity index (χ4v) is 1.61. The Bertz CT molecular complexity index is 623. The molecule has 98 valence electrons. The Morgan fingerprint density at radius 2 is 2.05 bits per heavy atom. The average Bonchev–Trinajstić information content (AvgIpc) is 2.43. The summed E-state index contributed by atoms with van der Waals surface area (Å²) in [7, 11) is 0. The van der Waals surface area contributed by atoms with Crippen molar-refractivity contribution >= 4 is 5.91 Å². The van der Waals surface area contributed by atoms with E-state index in [4.69, 9.17) is 0 Å². The maximum absolute atomic E-state index is 11.7. The molecule has 1 aromatic carbocycles. The molecule has 0 aliphatic carbocycles. The summed E-state index contributed by atoms with van der Waals surface area (Å²) in [4.78, 5) is 28.7. The zero-order valence-corrected chi connectivity index (χ0v) is 10.1. The smallest absolute Gasteiger partial charge is 0.293 e. The average molecular weight is 259 g/mol. The molecule has 0 spiro atoms. The minimum absolute atomic E-state index is 0.267. The van der Waals surface area contributed by atoms with Crippen LogP contribution in [0.3, 0.4) is 0 Å².